The van der Waals surface area contributed by atoms with Crippen LogP contribution in [0, 0.1) is 76.5 Å². The Kier molecular flexibility index (Phi) is 9.43. The van der Waals surface area contributed by atoms with Gasteiger partial charge in [-0.15, -0.1) is 12.3 Å². The first-order chi connectivity index (χ1) is 11.2. The summed E-state index contributed by atoms with van der Waals surface area (Å²) in [5, 5.41) is 0. The van der Waals surface area contributed by atoms with Crippen molar-refractivity contribution in [3.8, 4) is 47.9 Å². The number of hydrogen-bond acceptors (Lipinski definition) is 0. The van der Waals surface area contributed by atoms with E-state index in [2.05, 4.69) is 89.9 Å². The largest absolute Gasteiger partial charge is 0.118 e. The first-order valence-electron chi connectivity index (χ1n) is 9.21. The Morgan fingerprint density at radius 1 is 0.917 bits per heavy atom. The molecule has 24 heavy (non-hydrogen) atoms. The van der Waals surface area contributed by atoms with Crippen LogP contribution in [0.3, 0.4) is 0 Å². The van der Waals surface area contributed by atoms with Gasteiger partial charge in [0.25, 0.3) is 0 Å². The normalized spacial score (nSPS) is 18.5. The monoisotopic (exact) mass is 322 g/mol. The molecule has 5 unspecified atom stereocenters. The number of terminal acetylenes is 1. The van der Waals surface area contributed by atoms with Crippen molar-refractivity contribution in [2.45, 2.75) is 74.7 Å². The predicted molar refractivity (Wildman–Crippen MR) is 107 cm³/mol. The van der Waals surface area contributed by atoms with Crippen LogP contribution >= 0.6 is 0 Å². The highest BCUT2D eigenvalue weighted by molar-refractivity contribution is 5.33. The zero-order valence-corrected chi connectivity index (χ0v) is 16.9. The van der Waals surface area contributed by atoms with Crippen molar-refractivity contribution in [2.24, 2.45) is 28.6 Å². The smallest absolute Gasteiger partial charge is 0.0928 e. The van der Waals surface area contributed by atoms with E-state index in [1.54, 1.807) is 0 Å². The molecule has 0 spiro atoms. The summed E-state index contributed by atoms with van der Waals surface area (Å²) in [4.78, 5) is 0. The molecule has 0 N–H and O–H groups in total. The summed E-state index contributed by atoms with van der Waals surface area (Å²) >= 11 is 0. The van der Waals surface area contributed by atoms with Gasteiger partial charge in [0.15, 0.2) is 0 Å². The van der Waals surface area contributed by atoms with Crippen molar-refractivity contribution >= 4 is 0 Å². The van der Waals surface area contributed by atoms with Crippen LogP contribution < -0.4 is 0 Å². The quantitative estimate of drug-likeness (QED) is 0.575. The Bertz CT molecular complexity index is 613. The van der Waals surface area contributed by atoms with Gasteiger partial charge < -0.3 is 0 Å². The summed E-state index contributed by atoms with van der Waals surface area (Å²) < 4.78 is 0. The maximum atomic E-state index is 5.68. The molecule has 0 amide bonds. The van der Waals surface area contributed by atoms with Crippen LogP contribution in [0.25, 0.3) is 0 Å². The summed E-state index contributed by atoms with van der Waals surface area (Å²) in [5.74, 6) is 23.9. The third-order valence-electron chi connectivity index (χ3n) is 4.98. The molecule has 0 aromatic carbocycles. The van der Waals surface area contributed by atoms with Crippen LogP contribution in [-0.4, -0.2) is 0 Å². The molecule has 0 fully saturated rings. The molecule has 0 rings (SSSR count). The van der Waals surface area contributed by atoms with E-state index >= 15 is 0 Å². The molecule has 5 atom stereocenters. The summed E-state index contributed by atoms with van der Waals surface area (Å²) in [7, 11) is 0. The maximum absolute atomic E-state index is 5.68. The van der Waals surface area contributed by atoms with E-state index < -0.39 is 10.8 Å². The maximum Gasteiger partial charge on any atom is 0.0928 e. The second-order valence-electron chi connectivity index (χ2n) is 7.11. The number of rotatable bonds is 4. The Morgan fingerprint density at radius 3 is 2.00 bits per heavy atom. The molecule has 0 aliphatic carbocycles. The summed E-state index contributed by atoms with van der Waals surface area (Å²) in [6.45, 7) is 17.0. The van der Waals surface area contributed by atoms with E-state index in [-0.39, 0.29) is 11.8 Å². The lowest BCUT2D eigenvalue weighted by Crippen LogP contribution is -2.28. The molecule has 0 saturated heterocycles. The lowest BCUT2D eigenvalue weighted by molar-refractivity contribution is 0.318. The minimum atomic E-state index is -0.404. The first kappa shape index (κ1) is 22.2. The zero-order chi connectivity index (χ0) is 18.8. The highest BCUT2D eigenvalue weighted by Crippen LogP contribution is 2.33. The molecular weight excluding hydrogens is 288 g/mol. The molecule has 130 valence electrons. The van der Waals surface area contributed by atoms with Crippen LogP contribution in [0.2, 0.25) is 0 Å². The van der Waals surface area contributed by atoms with Gasteiger partial charge in [-0.25, -0.2) is 0 Å². The second kappa shape index (κ2) is 10.2. The van der Waals surface area contributed by atoms with Crippen molar-refractivity contribution in [1.29, 1.82) is 0 Å². The van der Waals surface area contributed by atoms with E-state index in [1.807, 2.05) is 6.92 Å². The van der Waals surface area contributed by atoms with Crippen LogP contribution in [0.15, 0.2) is 0 Å². The van der Waals surface area contributed by atoms with Crippen molar-refractivity contribution in [3.63, 3.8) is 0 Å². The lowest BCUT2D eigenvalue weighted by atomic mass is 9.72. The molecule has 0 aliphatic heterocycles. The third-order valence-corrected chi connectivity index (χ3v) is 4.98. The van der Waals surface area contributed by atoms with Crippen molar-refractivity contribution in [2.75, 3.05) is 0 Å². The molecule has 0 heteroatoms. The molecule has 0 radical (unpaired) electrons. The molecule has 0 aromatic heterocycles. The van der Waals surface area contributed by atoms with E-state index in [0.717, 1.165) is 19.3 Å². The molecule has 0 saturated carbocycles. The third kappa shape index (κ3) is 6.78. The molecule has 0 heterocycles. The van der Waals surface area contributed by atoms with Gasteiger partial charge in [-0.2, -0.15) is 0 Å². The van der Waals surface area contributed by atoms with Gasteiger partial charge in [-0.05, 0) is 32.6 Å². The topological polar surface area (TPSA) is 0 Å². The predicted octanol–water partition coefficient (Wildman–Crippen LogP) is 5.78. The Balaban J connectivity index is 5.90. The van der Waals surface area contributed by atoms with Gasteiger partial charge in [-0.3, -0.25) is 0 Å². The SMILES string of the molecule is C#CC(C)(C#CC(C)(C#CC(C)CC)C(C)C(C)C#CCC)CC. The zero-order valence-electron chi connectivity index (χ0n) is 16.9. The molecular formula is C24H34. The van der Waals surface area contributed by atoms with Crippen LogP contribution in [0.5, 0.6) is 0 Å². The van der Waals surface area contributed by atoms with Crippen LogP contribution in [-0.2, 0) is 0 Å². The van der Waals surface area contributed by atoms with Crippen LogP contribution in [0.1, 0.15) is 74.7 Å². The molecule has 0 bridgehead atoms. The average Bonchev–Trinajstić information content (AvgIpc) is 2.61. The minimum absolute atomic E-state index is 0.245. The van der Waals surface area contributed by atoms with Crippen molar-refractivity contribution in [3.05, 3.63) is 0 Å². The highest BCUT2D eigenvalue weighted by atomic mass is 14.3. The van der Waals surface area contributed by atoms with Gasteiger partial charge >= 0.3 is 0 Å². The van der Waals surface area contributed by atoms with E-state index in [9.17, 15) is 0 Å². The second-order valence-corrected chi connectivity index (χ2v) is 7.11. The fourth-order valence-electron chi connectivity index (χ4n) is 2.02. The summed E-state index contributed by atoms with van der Waals surface area (Å²) in [5.41, 5.74) is -0.796. The van der Waals surface area contributed by atoms with E-state index in [0.29, 0.717) is 5.92 Å². The van der Waals surface area contributed by atoms with Crippen molar-refractivity contribution < 1.29 is 0 Å². The fraction of sp³-hybridized carbons (Fsp3) is 0.667. The van der Waals surface area contributed by atoms with Gasteiger partial charge in [0.2, 0.25) is 0 Å². The number of hydrogen-bond donors (Lipinski definition) is 0. The standard InChI is InChI=1S/C24H34/c1-10-14-15-21(6)22(7)24(9,17-16-20(5)11-2)19-18-23(8,12-3)13-4/h3,20-22H,10-11,13H2,1-2,4-9H3. The lowest BCUT2D eigenvalue weighted by Gasteiger charge is -2.29. The summed E-state index contributed by atoms with van der Waals surface area (Å²) in [6.07, 6.45) is 8.45. The minimum Gasteiger partial charge on any atom is -0.118 e. The Morgan fingerprint density at radius 2 is 1.54 bits per heavy atom. The fourth-order valence-corrected chi connectivity index (χ4v) is 2.02. The summed E-state index contributed by atoms with van der Waals surface area (Å²) in [6, 6.07) is 0. The van der Waals surface area contributed by atoms with Crippen molar-refractivity contribution in [1.82, 2.24) is 0 Å². The van der Waals surface area contributed by atoms with E-state index in [1.165, 1.54) is 0 Å². The van der Waals surface area contributed by atoms with E-state index in [4.69, 9.17) is 6.42 Å². The van der Waals surface area contributed by atoms with Gasteiger partial charge in [0, 0.05) is 18.3 Å². The Labute approximate surface area is 151 Å². The van der Waals surface area contributed by atoms with Gasteiger partial charge in [0.1, 0.15) is 0 Å². The highest BCUT2D eigenvalue weighted by Gasteiger charge is 2.31. The molecule has 0 aromatic rings. The van der Waals surface area contributed by atoms with Gasteiger partial charge in [-0.1, -0.05) is 77.1 Å². The molecule has 0 nitrogen and oxygen atoms in total. The Hall–Kier alpha value is -1.76. The first-order valence-corrected chi connectivity index (χ1v) is 9.21. The molecule has 0 aliphatic rings. The van der Waals surface area contributed by atoms with Gasteiger partial charge in [0.05, 0.1) is 10.8 Å². The average molecular weight is 323 g/mol. The van der Waals surface area contributed by atoms with Crippen LogP contribution in [0.4, 0.5) is 0 Å².